The van der Waals surface area contributed by atoms with E-state index in [0.717, 1.165) is 5.56 Å². The van der Waals surface area contributed by atoms with Crippen molar-refractivity contribution in [2.24, 2.45) is 5.73 Å². The third-order valence-corrected chi connectivity index (χ3v) is 3.56. The number of rotatable bonds is 4. The van der Waals surface area contributed by atoms with Crippen molar-refractivity contribution in [3.8, 4) is 22.9 Å². The van der Waals surface area contributed by atoms with E-state index < -0.39 is 5.91 Å². The molecule has 0 bridgehead atoms. The SMILES string of the molecule is CN(C)C(=O)n1cnc(-c2ccc(Oc3ccc(C(N)=O)cc3)cc2)n1. The van der Waals surface area contributed by atoms with Gasteiger partial charge in [0, 0.05) is 25.2 Å². The normalized spacial score (nSPS) is 10.4. The fourth-order valence-electron chi connectivity index (χ4n) is 2.19. The van der Waals surface area contributed by atoms with E-state index in [9.17, 15) is 9.59 Å². The molecule has 0 saturated heterocycles. The summed E-state index contributed by atoms with van der Waals surface area (Å²) in [6, 6.07) is 13.4. The molecule has 26 heavy (non-hydrogen) atoms. The lowest BCUT2D eigenvalue weighted by atomic mass is 10.2. The molecule has 0 aliphatic heterocycles. The second kappa shape index (κ2) is 7.06. The number of hydrogen-bond acceptors (Lipinski definition) is 5. The Kier molecular flexibility index (Phi) is 4.66. The van der Waals surface area contributed by atoms with Crippen molar-refractivity contribution in [3.05, 3.63) is 60.4 Å². The van der Waals surface area contributed by atoms with Gasteiger partial charge in [0.15, 0.2) is 5.82 Å². The summed E-state index contributed by atoms with van der Waals surface area (Å²) in [5.74, 6) is 1.16. The van der Waals surface area contributed by atoms with Crippen molar-refractivity contribution < 1.29 is 14.3 Å². The Hall–Kier alpha value is -3.68. The van der Waals surface area contributed by atoms with Crippen LogP contribution in [0.5, 0.6) is 11.5 Å². The summed E-state index contributed by atoms with van der Waals surface area (Å²) in [6.45, 7) is 0. The molecule has 0 fully saturated rings. The molecule has 0 saturated carbocycles. The molecule has 1 aromatic heterocycles. The molecule has 2 aromatic carbocycles. The van der Waals surface area contributed by atoms with Gasteiger partial charge in [-0.15, -0.1) is 5.10 Å². The molecule has 0 atom stereocenters. The van der Waals surface area contributed by atoms with E-state index in [-0.39, 0.29) is 6.03 Å². The Morgan fingerprint density at radius 3 is 2.12 bits per heavy atom. The van der Waals surface area contributed by atoms with Crippen LogP contribution >= 0.6 is 0 Å². The van der Waals surface area contributed by atoms with Crippen LogP contribution in [0.25, 0.3) is 11.4 Å². The molecule has 1 heterocycles. The van der Waals surface area contributed by atoms with E-state index in [2.05, 4.69) is 10.1 Å². The minimum absolute atomic E-state index is 0.275. The first-order valence-electron chi connectivity index (χ1n) is 7.75. The van der Waals surface area contributed by atoms with Crippen LogP contribution in [0.15, 0.2) is 54.9 Å². The predicted octanol–water partition coefficient (Wildman–Crippen LogP) is 2.37. The molecule has 8 nitrogen and oxygen atoms in total. The average Bonchev–Trinajstić information content (AvgIpc) is 3.12. The summed E-state index contributed by atoms with van der Waals surface area (Å²) in [5, 5.41) is 4.17. The van der Waals surface area contributed by atoms with E-state index >= 15 is 0 Å². The van der Waals surface area contributed by atoms with Gasteiger partial charge >= 0.3 is 6.03 Å². The molecular weight excluding hydrogens is 334 g/mol. The second-order valence-corrected chi connectivity index (χ2v) is 5.70. The van der Waals surface area contributed by atoms with Crippen LogP contribution in [0.4, 0.5) is 4.79 Å². The molecule has 0 unspecified atom stereocenters. The summed E-state index contributed by atoms with van der Waals surface area (Å²) in [4.78, 5) is 28.5. The van der Waals surface area contributed by atoms with E-state index in [1.807, 2.05) is 0 Å². The third-order valence-electron chi connectivity index (χ3n) is 3.56. The fraction of sp³-hybridized carbons (Fsp3) is 0.111. The predicted molar refractivity (Wildman–Crippen MR) is 95.0 cm³/mol. The number of aromatic nitrogens is 3. The number of benzene rings is 2. The number of hydrogen-bond donors (Lipinski definition) is 1. The van der Waals surface area contributed by atoms with E-state index in [1.165, 1.54) is 15.9 Å². The van der Waals surface area contributed by atoms with Gasteiger partial charge in [-0.2, -0.15) is 4.68 Å². The minimum atomic E-state index is -0.486. The molecule has 8 heteroatoms. The molecular formula is C18H17N5O3. The van der Waals surface area contributed by atoms with Crippen molar-refractivity contribution in [3.63, 3.8) is 0 Å². The van der Waals surface area contributed by atoms with Gasteiger partial charge < -0.3 is 15.4 Å². The molecule has 3 rings (SSSR count). The van der Waals surface area contributed by atoms with Crippen LogP contribution in [0.1, 0.15) is 10.4 Å². The Labute approximate surface area is 149 Å². The summed E-state index contributed by atoms with van der Waals surface area (Å²) in [6.07, 6.45) is 1.38. The number of ether oxygens (including phenoxy) is 1. The summed E-state index contributed by atoms with van der Waals surface area (Å²) in [5.41, 5.74) is 6.38. The number of carbonyl (C=O) groups excluding carboxylic acids is 2. The Bertz CT molecular complexity index is 930. The zero-order valence-electron chi connectivity index (χ0n) is 14.3. The second-order valence-electron chi connectivity index (χ2n) is 5.70. The molecule has 0 aliphatic rings. The summed E-state index contributed by atoms with van der Waals surface area (Å²) >= 11 is 0. The number of nitrogens with two attached hydrogens (primary N) is 1. The van der Waals surface area contributed by atoms with Crippen LogP contribution in [-0.2, 0) is 0 Å². The maximum Gasteiger partial charge on any atom is 0.345 e. The van der Waals surface area contributed by atoms with Gasteiger partial charge in [0.1, 0.15) is 17.8 Å². The number of carbonyl (C=O) groups is 2. The maximum atomic E-state index is 11.8. The van der Waals surface area contributed by atoms with Crippen LogP contribution in [0, 0.1) is 0 Å². The number of nitrogens with zero attached hydrogens (tertiary/aromatic N) is 4. The summed E-state index contributed by atoms with van der Waals surface area (Å²) in [7, 11) is 3.29. The summed E-state index contributed by atoms with van der Waals surface area (Å²) < 4.78 is 6.90. The molecule has 0 radical (unpaired) electrons. The zero-order chi connectivity index (χ0) is 18.7. The molecule has 3 aromatic rings. The fourth-order valence-corrected chi connectivity index (χ4v) is 2.19. The van der Waals surface area contributed by atoms with Crippen LogP contribution < -0.4 is 10.5 Å². The molecule has 2 N–H and O–H groups in total. The quantitative estimate of drug-likeness (QED) is 0.777. The smallest absolute Gasteiger partial charge is 0.345 e. The number of primary amides is 1. The van der Waals surface area contributed by atoms with Gasteiger partial charge in [0.2, 0.25) is 5.91 Å². The highest BCUT2D eigenvalue weighted by Crippen LogP contribution is 2.24. The molecule has 0 spiro atoms. The first kappa shape index (κ1) is 17.2. The lowest BCUT2D eigenvalue weighted by Gasteiger charge is -2.08. The lowest BCUT2D eigenvalue weighted by Crippen LogP contribution is -2.27. The highest BCUT2D eigenvalue weighted by molar-refractivity contribution is 5.92. The van der Waals surface area contributed by atoms with Gasteiger partial charge in [0.05, 0.1) is 0 Å². The highest BCUT2D eigenvalue weighted by Gasteiger charge is 2.11. The maximum absolute atomic E-state index is 11.8. The molecule has 2 amide bonds. The monoisotopic (exact) mass is 351 g/mol. The topological polar surface area (TPSA) is 103 Å². The van der Waals surface area contributed by atoms with Crippen LogP contribution in [-0.4, -0.2) is 45.7 Å². The van der Waals surface area contributed by atoms with E-state index in [0.29, 0.717) is 22.9 Å². The van der Waals surface area contributed by atoms with Crippen LogP contribution in [0.3, 0.4) is 0 Å². The van der Waals surface area contributed by atoms with Gasteiger partial charge in [-0.25, -0.2) is 9.78 Å². The van der Waals surface area contributed by atoms with Crippen molar-refractivity contribution in [1.29, 1.82) is 0 Å². The van der Waals surface area contributed by atoms with Crippen LogP contribution in [0.2, 0.25) is 0 Å². The van der Waals surface area contributed by atoms with E-state index in [1.54, 1.807) is 62.6 Å². The Morgan fingerprint density at radius 2 is 1.58 bits per heavy atom. The van der Waals surface area contributed by atoms with Crippen molar-refractivity contribution in [2.75, 3.05) is 14.1 Å². The highest BCUT2D eigenvalue weighted by atomic mass is 16.5. The molecule has 0 aliphatic carbocycles. The van der Waals surface area contributed by atoms with Crippen molar-refractivity contribution >= 4 is 11.9 Å². The zero-order valence-corrected chi connectivity index (χ0v) is 14.3. The first-order chi connectivity index (χ1) is 12.4. The largest absolute Gasteiger partial charge is 0.457 e. The van der Waals surface area contributed by atoms with Gasteiger partial charge in [-0.1, -0.05) is 0 Å². The lowest BCUT2D eigenvalue weighted by molar-refractivity contribution is 0.1000. The minimum Gasteiger partial charge on any atom is -0.457 e. The molecule has 132 valence electrons. The van der Waals surface area contributed by atoms with Crippen molar-refractivity contribution in [1.82, 2.24) is 19.7 Å². The van der Waals surface area contributed by atoms with Gasteiger partial charge in [0.25, 0.3) is 0 Å². The van der Waals surface area contributed by atoms with Crippen molar-refractivity contribution in [2.45, 2.75) is 0 Å². The first-order valence-corrected chi connectivity index (χ1v) is 7.75. The third kappa shape index (κ3) is 3.69. The Balaban J connectivity index is 1.72. The number of amides is 2. The van der Waals surface area contributed by atoms with Gasteiger partial charge in [-0.05, 0) is 48.5 Å². The van der Waals surface area contributed by atoms with Gasteiger partial charge in [-0.3, -0.25) is 4.79 Å². The van der Waals surface area contributed by atoms with E-state index in [4.69, 9.17) is 10.5 Å². The Morgan fingerprint density at radius 1 is 1.00 bits per heavy atom. The average molecular weight is 351 g/mol. The standard InChI is InChI=1S/C18H17N5O3/c1-22(2)18(25)23-11-20-17(21-23)13-5-9-15(10-6-13)26-14-7-3-12(4-8-14)16(19)24/h3-11H,1-2H3,(H2,19,24).